The lowest BCUT2D eigenvalue weighted by molar-refractivity contribution is 0.0537. The van der Waals surface area contributed by atoms with Crippen LogP contribution in [0, 0.1) is 29.6 Å². The molecule has 1 rings (SSSR count). The summed E-state index contributed by atoms with van der Waals surface area (Å²) in [6, 6.07) is 0. The Balaban J connectivity index is 0.00000121. The summed E-state index contributed by atoms with van der Waals surface area (Å²) < 4.78 is 0. The minimum atomic E-state index is 0.880. The molecule has 1 aliphatic carbocycles. The Morgan fingerprint density at radius 2 is 1.65 bits per heavy atom. The van der Waals surface area contributed by atoms with Crippen molar-refractivity contribution < 1.29 is 0 Å². The molecule has 0 radical (unpaired) electrons. The summed E-state index contributed by atoms with van der Waals surface area (Å²) in [5.74, 6) is 4.87. The van der Waals surface area contributed by atoms with Gasteiger partial charge in [-0.25, -0.2) is 0 Å². The molecule has 0 heterocycles. The van der Waals surface area contributed by atoms with Gasteiger partial charge in [-0.1, -0.05) is 74.1 Å². The molecule has 1 saturated carbocycles. The van der Waals surface area contributed by atoms with E-state index in [0.29, 0.717) is 0 Å². The molecule has 104 valence electrons. The van der Waals surface area contributed by atoms with Crippen molar-refractivity contribution in [2.75, 3.05) is 0 Å². The van der Waals surface area contributed by atoms with E-state index in [0.717, 1.165) is 29.6 Å². The summed E-state index contributed by atoms with van der Waals surface area (Å²) in [7, 11) is 0. The first-order valence-corrected chi connectivity index (χ1v) is 8.11. The van der Waals surface area contributed by atoms with Crippen molar-refractivity contribution in [1.29, 1.82) is 0 Å². The van der Waals surface area contributed by atoms with Crippen molar-refractivity contribution in [3.8, 4) is 0 Å². The molecule has 0 aliphatic heterocycles. The minimum absolute atomic E-state index is 0.880. The van der Waals surface area contributed by atoms with Crippen molar-refractivity contribution in [1.82, 2.24) is 0 Å². The highest BCUT2D eigenvalue weighted by atomic mass is 14.4. The van der Waals surface area contributed by atoms with Crippen LogP contribution >= 0.6 is 0 Å². The topological polar surface area (TPSA) is 0 Å². The van der Waals surface area contributed by atoms with Gasteiger partial charge in [-0.2, -0.15) is 0 Å². The highest BCUT2D eigenvalue weighted by Crippen LogP contribution is 2.45. The fourth-order valence-corrected chi connectivity index (χ4v) is 4.04. The monoisotopic (exact) mass is 240 g/mol. The van der Waals surface area contributed by atoms with Crippen LogP contribution in [-0.4, -0.2) is 0 Å². The molecule has 0 N–H and O–H groups in total. The molecule has 0 bridgehead atoms. The zero-order valence-electron chi connectivity index (χ0n) is 13.4. The van der Waals surface area contributed by atoms with Crippen molar-refractivity contribution in [2.24, 2.45) is 29.6 Å². The van der Waals surface area contributed by atoms with Crippen LogP contribution in [-0.2, 0) is 0 Å². The van der Waals surface area contributed by atoms with Gasteiger partial charge >= 0.3 is 0 Å². The second-order valence-corrected chi connectivity index (χ2v) is 6.00. The van der Waals surface area contributed by atoms with Gasteiger partial charge in [-0.15, -0.1) is 0 Å². The van der Waals surface area contributed by atoms with Crippen molar-refractivity contribution in [3.63, 3.8) is 0 Å². The summed E-state index contributed by atoms with van der Waals surface area (Å²) in [4.78, 5) is 0. The Morgan fingerprint density at radius 1 is 1.06 bits per heavy atom. The van der Waals surface area contributed by atoms with Gasteiger partial charge in [0.2, 0.25) is 0 Å². The SMILES string of the molecule is CC.CCCC1C(CC)CCC(C)C1C(C)C. The number of hydrogen-bond acceptors (Lipinski definition) is 0. The van der Waals surface area contributed by atoms with Gasteiger partial charge in [0.25, 0.3) is 0 Å². The molecule has 0 nitrogen and oxygen atoms in total. The van der Waals surface area contributed by atoms with E-state index >= 15 is 0 Å². The van der Waals surface area contributed by atoms with E-state index in [1.807, 2.05) is 13.8 Å². The van der Waals surface area contributed by atoms with E-state index in [1.54, 1.807) is 0 Å². The second kappa shape index (κ2) is 9.00. The van der Waals surface area contributed by atoms with Crippen LogP contribution in [0.25, 0.3) is 0 Å². The summed E-state index contributed by atoms with van der Waals surface area (Å²) in [5.41, 5.74) is 0. The summed E-state index contributed by atoms with van der Waals surface area (Å²) in [6.45, 7) is 16.1. The largest absolute Gasteiger partial charge is 0.0683 e. The molecular formula is C17H36. The van der Waals surface area contributed by atoms with E-state index < -0.39 is 0 Å². The third-order valence-electron chi connectivity index (χ3n) is 4.67. The van der Waals surface area contributed by atoms with Gasteiger partial charge in [-0.3, -0.25) is 0 Å². The van der Waals surface area contributed by atoms with Gasteiger partial charge in [0, 0.05) is 0 Å². The van der Waals surface area contributed by atoms with Crippen LogP contribution in [0.15, 0.2) is 0 Å². The highest BCUT2D eigenvalue weighted by molar-refractivity contribution is 4.86. The van der Waals surface area contributed by atoms with Gasteiger partial charge in [0.15, 0.2) is 0 Å². The van der Waals surface area contributed by atoms with Crippen LogP contribution in [0.2, 0.25) is 0 Å². The molecule has 0 saturated heterocycles. The van der Waals surface area contributed by atoms with Crippen LogP contribution in [0.5, 0.6) is 0 Å². The summed E-state index contributed by atoms with van der Waals surface area (Å²) >= 11 is 0. The molecule has 1 aliphatic rings. The first-order chi connectivity index (χ1) is 8.11. The molecule has 0 aromatic rings. The molecule has 1 fully saturated rings. The Labute approximate surface area is 111 Å². The maximum atomic E-state index is 2.49. The van der Waals surface area contributed by atoms with Gasteiger partial charge in [-0.05, 0) is 36.0 Å². The Morgan fingerprint density at radius 3 is 2.06 bits per heavy atom. The number of rotatable bonds is 4. The number of hydrogen-bond donors (Lipinski definition) is 0. The maximum Gasteiger partial charge on any atom is -0.0334 e. The first-order valence-electron chi connectivity index (χ1n) is 8.11. The van der Waals surface area contributed by atoms with E-state index in [9.17, 15) is 0 Å². The Kier molecular flexibility index (Phi) is 9.00. The summed E-state index contributed by atoms with van der Waals surface area (Å²) in [5, 5.41) is 0. The van der Waals surface area contributed by atoms with E-state index in [-0.39, 0.29) is 0 Å². The Hall–Kier alpha value is 0. The van der Waals surface area contributed by atoms with Crippen molar-refractivity contribution in [2.45, 2.75) is 80.6 Å². The average molecular weight is 240 g/mol. The average Bonchev–Trinajstić information content (AvgIpc) is 2.32. The molecule has 0 aromatic heterocycles. The zero-order valence-corrected chi connectivity index (χ0v) is 13.4. The predicted molar refractivity (Wildman–Crippen MR) is 80.3 cm³/mol. The van der Waals surface area contributed by atoms with Crippen molar-refractivity contribution >= 4 is 0 Å². The molecule has 0 spiro atoms. The second-order valence-electron chi connectivity index (χ2n) is 6.00. The molecule has 0 amide bonds. The fraction of sp³-hybridized carbons (Fsp3) is 1.00. The first kappa shape index (κ1) is 17.0. The normalized spacial score (nSPS) is 33.2. The Bertz CT molecular complexity index is 171. The van der Waals surface area contributed by atoms with Gasteiger partial charge in [0.05, 0.1) is 0 Å². The molecule has 17 heavy (non-hydrogen) atoms. The summed E-state index contributed by atoms with van der Waals surface area (Å²) in [6.07, 6.45) is 7.20. The lowest BCUT2D eigenvalue weighted by Gasteiger charge is -2.44. The smallest absolute Gasteiger partial charge is 0.0334 e. The van der Waals surface area contributed by atoms with Crippen LogP contribution in [0.4, 0.5) is 0 Å². The quantitative estimate of drug-likeness (QED) is 0.552. The van der Waals surface area contributed by atoms with E-state index in [4.69, 9.17) is 0 Å². The van der Waals surface area contributed by atoms with E-state index in [1.165, 1.54) is 32.1 Å². The molecule has 4 atom stereocenters. The van der Waals surface area contributed by atoms with Crippen molar-refractivity contribution in [3.05, 3.63) is 0 Å². The third kappa shape index (κ3) is 4.64. The zero-order chi connectivity index (χ0) is 13.4. The molecular weight excluding hydrogens is 204 g/mol. The van der Waals surface area contributed by atoms with E-state index in [2.05, 4.69) is 34.6 Å². The van der Waals surface area contributed by atoms with Crippen LogP contribution in [0.3, 0.4) is 0 Å². The predicted octanol–water partition coefficient (Wildman–Crippen LogP) is 6.16. The molecule has 0 heteroatoms. The standard InChI is InChI=1S/C15H30.C2H6/c1-6-8-14-13(7-2)10-9-12(5)15(14)11(3)4;1-2/h11-15H,6-10H2,1-5H3;1-2H3. The highest BCUT2D eigenvalue weighted by Gasteiger charge is 2.37. The lowest BCUT2D eigenvalue weighted by Crippen LogP contribution is -2.36. The minimum Gasteiger partial charge on any atom is -0.0683 e. The van der Waals surface area contributed by atoms with Gasteiger partial charge < -0.3 is 0 Å². The maximum absolute atomic E-state index is 2.49. The van der Waals surface area contributed by atoms with Crippen LogP contribution < -0.4 is 0 Å². The molecule has 4 unspecified atom stereocenters. The van der Waals surface area contributed by atoms with Crippen LogP contribution in [0.1, 0.15) is 80.6 Å². The van der Waals surface area contributed by atoms with Gasteiger partial charge in [0.1, 0.15) is 0 Å². The molecule has 0 aromatic carbocycles. The fourth-order valence-electron chi connectivity index (χ4n) is 4.04. The third-order valence-corrected chi connectivity index (χ3v) is 4.67. The lowest BCUT2D eigenvalue weighted by atomic mass is 9.61.